The first-order valence-electron chi connectivity index (χ1n) is 7.59. The van der Waals surface area contributed by atoms with Crippen molar-refractivity contribution in [1.29, 1.82) is 0 Å². The lowest BCUT2D eigenvalue weighted by atomic mass is 10.1. The summed E-state index contributed by atoms with van der Waals surface area (Å²) in [6.07, 6.45) is 0. The number of fused-ring (bicyclic) bond motifs is 1. The summed E-state index contributed by atoms with van der Waals surface area (Å²) < 4.78 is 0. The van der Waals surface area contributed by atoms with Gasteiger partial charge >= 0.3 is 0 Å². The molecule has 1 atom stereocenters. The van der Waals surface area contributed by atoms with Crippen molar-refractivity contribution < 1.29 is 0 Å². The number of hydrogen-bond donors (Lipinski definition) is 2. The van der Waals surface area contributed by atoms with Gasteiger partial charge in [0.1, 0.15) is 0 Å². The van der Waals surface area contributed by atoms with Crippen molar-refractivity contribution in [2.75, 3.05) is 26.0 Å². The predicted octanol–water partition coefficient (Wildman–Crippen LogP) is 2.64. The Balaban J connectivity index is 1.83. The van der Waals surface area contributed by atoms with Gasteiger partial charge in [-0.05, 0) is 31.8 Å². The zero-order valence-corrected chi connectivity index (χ0v) is 13.3. The van der Waals surface area contributed by atoms with Crippen LogP contribution in [0.2, 0.25) is 0 Å². The molecule has 2 N–H and O–H groups in total. The average Bonchev–Trinajstić information content (AvgIpc) is 2.56. The highest BCUT2D eigenvalue weighted by atomic mass is 16.1. The molecule has 0 radical (unpaired) electrons. The number of anilines is 1. The summed E-state index contributed by atoms with van der Waals surface area (Å²) in [5, 5.41) is 3.85. The third-order valence-corrected chi connectivity index (χ3v) is 3.88. The van der Waals surface area contributed by atoms with Gasteiger partial charge < -0.3 is 10.2 Å². The van der Waals surface area contributed by atoms with Gasteiger partial charge in [0.05, 0.1) is 16.9 Å². The standard InChI is InChI=1S/C18H20N4O/c1-22(2)16(13-8-4-3-5-9-13)12-19-18-20-15-11-7-6-10-14(15)17(23)21-18/h3-11,16H,12H2,1-2H3,(H2,19,20,21,23)/t16-/m0/s1. The first-order valence-corrected chi connectivity index (χ1v) is 7.59. The van der Waals surface area contributed by atoms with Gasteiger partial charge in [0.15, 0.2) is 0 Å². The lowest BCUT2D eigenvalue weighted by molar-refractivity contribution is 0.311. The van der Waals surface area contributed by atoms with E-state index >= 15 is 0 Å². The van der Waals surface area contributed by atoms with Crippen LogP contribution >= 0.6 is 0 Å². The Kier molecular flexibility index (Phi) is 4.39. The molecule has 0 saturated heterocycles. The van der Waals surface area contributed by atoms with Crippen LogP contribution in [0.4, 0.5) is 5.95 Å². The molecule has 23 heavy (non-hydrogen) atoms. The molecule has 0 amide bonds. The number of hydrogen-bond acceptors (Lipinski definition) is 4. The summed E-state index contributed by atoms with van der Waals surface area (Å²) in [5.74, 6) is 0.497. The van der Waals surface area contributed by atoms with Crippen molar-refractivity contribution in [3.8, 4) is 0 Å². The van der Waals surface area contributed by atoms with E-state index in [1.807, 2.05) is 50.5 Å². The van der Waals surface area contributed by atoms with Crippen LogP contribution in [0.5, 0.6) is 0 Å². The highest BCUT2D eigenvalue weighted by Crippen LogP contribution is 2.18. The third-order valence-electron chi connectivity index (χ3n) is 3.88. The molecular formula is C18H20N4O. The van der Waals surface area contributed by atoms with Crippen molar-refractivity contribution in [1.82, 2.24) is 14.9 Å². The monoisotopic (exact) mass is 308 g/mol. The van der Waals surface area contributed by atoms with Crippen LogP contribution in [0.25, 0.3) is 10.9 Å². The van der Waals surface area contributed by atoms with E-state index in [4.69, 9.17) is 0 Å². The Morgan fingerprint density at radius 2 is 1.78 bits per heavy atom. The first kappa shape index (κ1) is 15.2. The van der Waals surface area contributed by atoms with Crippen LogP contribution in [0.3, 0.4) is 0 Å². The number of likely N-dealkylation sites (N-methyl/N-ethyl adjacent to an activating group) is 1. The lowest BCUT2D eigenvalue weighted by Gasteiger charge is -2.25. The molecule has 0 bridgehead atoms. The zero-order chi connectivity index (χ0) is 16.2. The Morgan fingerprint density at radius 3 is 2.52 bits per heavy atom. The SMILES string of the molecule is CN(C)[C@@H](CNc1nc2ccccc2c(=O)[nH]1)c1ccccc1. The van der Waals surface area contributed by atoms with E-state index in [9.17, 15) is 4.79 Å². The molecule has 5 heteroatoms. The largest absolute Gasteiger partial charge is 0.354 e. The summed E-state index contributed by atoms with van der Waals surface area (Å²) in [7, 11) is 4.08. The molecule has 0 saturated carbocycles. The Bertz CT molecular complexity index is 842. The molecule has 0 aliphatic rings. The topological polar surface area (TPSA) is 61.0 Å². The second-order valence-electron chi connectivity index (χ2n) is 5.70. The number of rotatable bonds is 5. The molecule has 118 valence electrons. The van der Waals surface area contributed by atoms with Crippen LogP contribution in [-0.4, -0.2) is 35.5 Å². The molecule has 0 aliphatic carbocycles. The summed E-state index contributed by atoms with van der Waals surface area (Å²) in [5.41, 5.74) is 1.78. The molecule has 3 aromatic rings. The molecular weight excluding hydrogens is 288 g/mol. The fourth-order valence-electron chi connectivity index (χ4n) is 2.64. The summed E-state index contributed by atoms with van der Waals surface area (Å²) in [4.78, 5) is 21.5. The fraction of sp³-hybridized carbons (Fsp3) is 0.222. The quantitative estimate of drug-likeness (QED) is 0.760. The molecule has 2 aromatic carbocycles. The van der Waals surface area contributed by atoms with Gasteiger partial charge in [-0.15, -0.1) is 0 Å². The van der Waals surface area contributed by atoms with Gasteiger partial charge in [-0.25, -0.2) is 4.98 Å². The minimum atomic E-state index is -0.126. The van der Waals surface area contributed by atoms with Crippen LogP contribution in [0, 0.1) is 0 Å². The molecule has 0 fully saturated rings. The van der Waals surface area contributed by atoms with Crippen LogP contribution in [-0.2, 0) is 0 Å². The van der Waals surface area contributed by atoms with Gasteiger partial charge in [0.2, 0.25) is 5.95 Å². The van der Waals surface area contributed by atoms with E-state index in [-0.39, 0.29) is 11.6 Å². The lowest BCUT2D eigenvalue weighted by Crippen LogP contribution is -2.27. The molecule has 5 nitrogen and oxygen atoms in total. The number of H-pyrrole nitrogens is 1. The number of para-hydroxylation sites is 1. The maximum atomic E-state index is 12.1. The van der Waals surface area contributed by atoms with Crippen LogP contribution < -0.4 is 10.9 Å². The number of nitrogens with zero attached hydrogens (tertiary/aromatic N) is 2. The van der Waals surface area contributed by atoms with Crippen molar-refractivity contribution in [3.05, 3.63) is 70.5 Å². The van der Waals surface area contributed by atoms with Gasteiger partial charge in [-0.2, -0.15) is 0 Å². The van der Waals surface area contributed by atoms with E-state index < -0.39 is 0 Å². The Hall–Kier alpha value is -2.66. The summed E-state index contributed by atoms with van der Waals surface area (Å²) in [6.45, 7) is 0.651. The second-order valence-corrected chi connectivity index (χ2v) is 5.70. The van der Waals surface area contributed by atoms with E-state index in [0.717, 1.165) is 0 Å². The highest BCUT2D eigenvalue weighted by molar-refractivity contribution is 5.78. The summed E-state index contributed by atoms with van der Waals surface area (Å²) >= 11 is 0. The number of nitrogens with one attached hydrogen (secondary N) is 2. The second kappa shape index (κ2) is 6.62. The van der Waals surface area contributed by atoms with E-state index in [1.54, 1.807) is 6.07 Å². The van der Waals surface area contributed by atoms with Gasteiger partial charge in [-0.3, -0.25) is 9.78 Å². The predicted molar refractivity (Wildman–Crippen MR) is 93.7 cm³/mol. The number of aromatic amines is 1. The third kappa shape index (κ3) is 3.40. The van der Waals surface area contributed by atoms with E-state index in [0.29, 0.717) is 23.4 Å². The normalized spacial score (nSPS) is 12.5. The molecule has 0 spiro atoms. The van der Waals surface area contributed by atoms with Crippen LogP contribution in [0.15, 0.2) is 59.4 Å². The first-order chi connectivity index (χ1) is 11.1. The summed E-state index contributed by atoms with van der Waals surface area (Å²) in [6, 6.07) is 17.8. The highest BCUT2D eigenvalue weighted by Gasteiger charge is 2.14. The number of benzene rings is 2. The van der Waals surface area contributed by atoms with Crippen LogP contribution in [0.1, 0.15) is 11.6 Å². The van der Waals surface area contributed by atoms with Crippen molar-refractivity contribution >= 4 is 16.9 Å². The maximum absolute atomic E-state index is 12.1. The fourth-order valence-corrected chi connectivity index (χ4v) is 2.64. The van der Waals surface area contributed by atoms with Gasteiger partial charge in [0.25, 0.3) is 5.56 Å². The molecule has 1 heterocycles. The number of aromatic nitrogens is 2. The molecule has 3 rings (SSSR count). The minimum absolute atomic E-state index is 0.126. The van der Waals surface area contributed by atoms with Gasteiger partial charge in [0, 0.05) is 6.54 Å². The minimum Gasteiger partial charge on any atom is -0.354 e. The van der Waals surface area contributed by atoms with E-state index in [2.05, 4.69) is 32.3 Å². The smallest absolute Gasteiger partial charge is 0.260 e. The zero-order valence-electron chi connectivity index (χ0n) is 13.3. The Morgan fingerprint density at radius 1 is 1.09 bits per heavy atom. The molecule has 0 aliphatic heterocycles. The van der Waals surface area contributed by atoms with Gasteiger partial charge in [-0.1, -0.05) is 42.5 Å². The van der Waals surface area contributed by atoms with Crippen molar-refractivity contribution in [3.63, 3.8) is 0 Å². The Labute approximate surface area is 135 Å². The van der Waals surface area contributed by atoms with Crippen molar-refractivity contribution in [2.45, 2.75) is 6.04 Å². The maximum Gasteiger partial charge on any atom is 0.260 e. The van der Waals surface area contributed by atoms with Crippen molar-refractivity contribution in [2.24, 2.45) is 0 Å². The molecule has 0 unspecified atom stereocenters. The molecule has 1 aromatic heterocycles. The average molecular weight is 308 g/mol. The van der Waals surface area contributed by atoms with E-state index in [1.165, 1.54) is 5.56 Å².